The third-order valence-corrected chi connectivity index (χ3v) is 4.63. The van der Waals surface area contributed by atoms with Gasteiger partial charge in [0.15, 0.2) is 0 Å². The highest BCUT2D eigenvalue weighted by Crippen LogP contribution is 2.38. The number of phenols is 1. The van der Waals surface area contributed by atoms with E-state index in [0.29, 0.717) is 18.7 Å². The van der Waals surface area contributed by atoms with Crippen LogP contribution in [0.5, 0.6) is 5.75 Å². The van der Waals surface area contributed by atoms with Gasteiger partial charge in [0.1, 0.15) is 5.75 Å². The Bertz CT molecular complexity index is 494. The number of aromatic hydroxyl groups is 1. The van der Waals surface area contributed by atoms with E-state index in [4.69, 9.17) is 5.73 Å². The first kappa shape index (κ1) is 15.8. The standard InChI is InChI=1S/C17H26N2O2/c1-2-13-6-7-15(20)14(10-13)19-16(21)11-17(12-18)8-4-3-5-9-17/h6-7,10,20H,2-5,8-9,11-12,18H2,1H3,(H,19,21). The van der Waals surface area contributed by atoms with Gasteiger partial charge in [-0.25, -0.2) is 0 Å². The van der Waals surface area contributed by atoms with Gasteiger partial charge in [-0.15, -0.1) is 0 Å². The average Bonchev–Trinajstić information content (AvgIpc) is 2.50. The number of nitrogens with two attached hydrogens (primary N) is 1. The number of carbonyl (C=O) groups is 1. The van der Waals surface area contributed by atoms with Crippen molar-refractivity contribution >= 4 is 11.6 Å². The summed E-state index contributed by atoms with van der Waals surface area (Å²) in [5.74, 6) is 0.0666. The molecule has 0 aromatic heterocycles. The van der Waals surface area contributed by atoms with E-state index in [-0.39, 0.29) is 17.1 Å². The summed E-state index contributed by atoms with van der Waals surface area (Å²) in [5.41, 5.74) is 7.46. The first-order valence-electron chi connectivity index (χ1n) is 7.90. The van der Waals surface area contributed by atoms with Crippen LogP contribution in [0.2, 0.25) is 0 Å². The maximum Gasteiger partial charge on any atom is 0.225 e. The van der Waals surface area contributed by atoms with Crippen LogP contribution < -0.4 is 11.1 Å². The van der Waals surface area contributed by atoms with Gasteiger partial charge in [0.25, 0.3) is 0 Å². The van der Waals surface area contributed by atoms with Crippen molar-refractivity contribution < 1.29 is 9.90 Å². The monoisotopic (exact) mass is 290 g/mol. The van der Waals surface area contributed by atoms with Crippen LogP contribution in [-0.2, 0) is 11.2 Å². The van der Waals surface area contributed by atoms with Gasteiger partial charge >= 0.3 is 0 Å². The van der Waals surface area contributed by atoms with Crippen LogP contribution in [0.25, 0.3) is 0 Å². The maximum atomic E-state index is 12.3. The van der Waals surface area contributed by atoms with E-state index >= 15 is 0 Å². The maximum absolute atomic E-state index is 12.3. The number of rotatable bonds is 5. The Morgan fingerprint density at radius 2 is 2.05 bits per heavy atom. The molecule has 1 aromatic carbocycles. The highest BCUT2D eigenvalue weighted by molar-refractivity contribution is 5.92. The molecule has 1 aliphatic rings. The van der Waals surface area contributed by atoms with Gasteiger partial charge in [-0.3, -0.25) is 4.79 Å². The SMILES string of the molecule is CCc1ccc(O)c(NC(=O)CC2(CN)CCCCC2)c1. The number of nitrogens with one attached hydrogen (secondary N) is 1. The lowest BCUT2D eigenvalue weighted by atomic mass is 9.71. The largest absolute Gasteiger partial charge is 0.506 e. The molecule has 21 heavy (non-hydrogen) atoms. The minimum Gasteiger partial charge on any atom is -0.506 e. The number of anilines is 1. The topological polar surface area (TPSA) is 75.3 Å². The lowest BCUT2D eigenvalue weighted by Crippen LogP contribution is -2.36. The molecule has 0 heterocycles. The predicted molar refractivity (Wildman–Crippen MR) is 85.3 cm³/mol. The summed E-state index contributed by atoms with van der Waals surface area (Å²) < 4.78 is 0. The molecule has 1 aliphatic carbocycles. The van der Waals surface area contributed by atoms with Gasteiger partial charge in [-0.05, 0) is 48.9 Å². The van der Waals surface area contributed by atoms with Crippen LogP contribution >= 0.6 is 0 Å². The van der Waals surface area contributed by atoms with Crippen LogP contribution in [0.3, 0.4) is 0 Å². The summed E-state index contributed by atoms with van der Waals surface area (Å²) in [4.78, 5) is 12.3. The number of aryl methyl sites for hydroxylation is 1. The summed E-state index contributed by atoms with van der Waals surface area (Å²) in [5, 5.41) is 12.7. The molecule has 0 saturated heterocycles. The van der Waals surface area contributed by atoms with E-state index in [1.165, 1.54) is 6.42 Å². The van der Waals surface area contributed by atoms with Crippen molar-refractivity contribution in [3.63, 3.8) is 0 Å². The second-order valence-corrected chi connectivity index (χ2v) is 6.19. The van der Waals surface area contributed by atoms with Crippen molar-refractivity contribution in [1.29, 1.82) is 0 Å². The Morgan fingerprint density at radius 1 is 1.33 bits per heavy atom. The number of amides is 1. The van der Waals surface area contributed by atoms with Crippen LogP contribution in [0.15, 0.2) is 18.2 Å². The zero-order valence-corrected chi connectivity index (χ0v) is 12.8. The second-order valence-electron chi connectivity index (χ2n) is 6.19. The van der Waals surface area contributed by atoms with Crippen molar-refractivity contribution in [3.05, 3.63) is 23.8 Å². The van der Waals surface area contributed by atoms with E-state index in [1.54, 1.807) is 6.07 Å². The third-order valence-electron chi connectivity index (χ3n) is 4.63. The molecule has 0 spiro atoms. The molecule has 4 N–H and O–H groups in total. The number of phenolic OH excluding ortho intramolecular Hbond substituents is 1. The Labute approximate surface area is 126 Å². The molecule has 1 saturated carbocycles. The summed E-state index contributed by atoms with van der Waals surface area (Å²) in [6, 6.07) is 5.34. The molecular weight excluding hydrogens is 264 g/mol. The van der Waals surface area contributed by atoms with Crippen LogP contribution in [-0.4, -0.2) is 17.6 Å². The van der Waals surface area contributed by atoms with E-state index in [0.717, 1.165) is 37.7 Å². The lowest BCUT2D eigenvalue weighted by Gasteiger charge is -2.35. The van der Waals surface area contributed by atoms with Crippen molar-refractivity contribution in [3.8, 4) is 5.75 Å². The Morgan fingerprint density at radius 3 is 2.67 bits per heavy atom. The molecule has 0 unspecified atom stereocenters. The summed E-state index contributed by atoms with van der Waals surface area (Å²) in [7, 11) is 0. The molecule has 4 nitrogen and oxygen atoms in total. The first-order chi connectivity index (χ1) is 10.1. The average molecular weight is 290 g/mol. The molecular formula is C17H26N2O2. The van der Waals surface area contributed by atoms with Gasteiger partial charge in [0.05, 0.1) is 5.69 Å². The van der Waals surface area contributed by atoms with E-state index in [2.05, 4.69) is 5.32 Å². The molecule has 0 radical (unpaired) electrons. The van der Waals surface area contributed by atoms with Crippen LogP contribution in [0.4, 0.5) is 5.69 Å². The summed E-state index contributed by atoms with van der Waals surface area (Å²) >= 11 is 0. The zero-order valence-electron chi connectivity index (χ0n) is 12.8. The highest BCUT2D eigenvalue weighted by Gasteiger charge is 2.33. The molecule has 4 heteroatoms. The molecule has 0 bridgehead atoms. The van der Waals surface area contributed by atoms with Crippen molar-refractivity contribution in [2.45, 2.75) is 51.9 Å². The van der Waals surface area contributed by atoms with E-state index in [9.17, 15) is 9.90 Å². The van der Waals surface area contributed by atoms with Gasteiger partial charge in [-0.2, -0.15) is 0 Å². The molecule has 0 atom stereocenters. The summed E-state index contributed by atoms with van der Waals surface area (Å²) in [6.45, 7) is 2.60. The van der Waals surface area contributed by atoms with Crippen molar-refractivity contribution in [2.75, 3.05) is 11.9 Å². The number of benzene rings is 1. The molecule has 1 aromatic rings. The highest BCUT2D eigenvalue weighted by atomic mass is 16.3. The fourth-order valence-electron chi connectivity index (χ4n) is 3.19. The number of carbonyl (C=O) groups excluding carboxylic acids is 1. The van der Waals surface area contributed by atoms with Gasteiger partial charge in [0, 0.05) is 6.42 Å². The third kappa shape index (κ3) is 3.97. The van der Waals surface area contributed by atoms with Gasteiger partial charge < -0.3 is 16.2 Å². The van der Waals surface area contributed by atoms with Crippen LogP contribution in [0.1, 0.15) is 51.0 Å². The fourth-order valence-corrected chi connectivity index (χ4v) is 3.19. The zero-order chi connectivity index (χ0) is 15.3. The molecule has 116 valence electrons. The number of hydrogen-bond acceptors (Lipinski definition) is 3. The molecule has 0 aliphatic heterocycles. The lowest BCUT2D eigenvalue weighted by molar-refractivity contribution is -0.118. The Kier molecular flexibility index (Phi) is 5.23. The normalized spacial score (nSPS) is 17.4. The second kappa shape index (κ2) is 6.94. The van der Waals surface area contributed by atoms with Gasteiger partial charge in [-0.1, -0.05) is 32.3 Å². The minimum atomic E-state index is -0.0552. The quantitative estimate of drug-likeness (QED) is 0.729. The molecule has 1 amide bonds. The first-order valence-corrected chi connectivity index (χ1v) is 7.90. The Hall–Kier alpha value is -1.55. The molecule has 1 fully saturated rings. The van der Waals surface area contributed by atoms with E-state index < -0.39 is 0 Å². The molecule has 2 rings (SSSR count). The number of hydrogen-bond donors (Lipinski definition) is 3. The van der Waals surface area contributed by atoms with Crippen molar-refractivity contribution in [2.24, 2.45) is 11.1 Å². The van der Waals surface area contributed by atoms with Gasteiger partial charge in [0.2, 0.25) is 5.91 Å². The predicted octanol–water partition coefficient (Wildman–Crippen LogP) is 3.19. The van der Waals surface area contributed by atoms with E-state index in [1.807, 2.05) is 19.1 Å². The minimum absolute atomic E-state index is 0.0501. The fraction of sp³-hybridized carbons (Fsp3) is 0.588. The summed E-state index contributed by atoms with van der Waals surface area (Å²) in [6.07, 6.45) is 6.91. The van der Waals surface area contributed by atoms with Crippen LogP contribution in [0, 0.1) is 5.41 Å². The van der Waals surface area contributed by atoms with Crippen molar-refractivity contribution in [1.82, 2.24) is 0 Å². The Balaban J connectivity index is 2.04. The smallest absolute Gasteiger partial charge is 0.225 e.